The summed E-state index contributed by atoms with van der Waals surface area (Å²) in [6.07, 6.45) is 44.5. The summed E-state index contributed by atoms with van der Waals surface area (Å²) in [5, 5.41) is 0. The van der Waals surface area contributed by atoms with Crippen molar-refractivity contribution in [2.75, 3.05) is 37.9 Å². The number of hydrogen-bond acceptors (Lipinski definition) is 14. The average Bonchev–Trinajstić information content (AvgIpc) is 3.41. The number of hydrogen-bond donors (Lipinski definition) is 0. The topological polar surface area (TPSA) is 220 Å². The molecule has 0 aliphatic heterocycles. The summed E-state index contributed by atoms with van der Waals surface area (Å²) in [5.74, 6) is -3.46. The van der Waals surface area contributed by atoms with E-state index in [0.29, 0.717) is 13.2 Å². The molecule has 0 bridgehead atoms. The third-order valence-corrected chi connectivity index (χ3v) is 15.3. The zero-order chi connectivity index (χ0) is 57.2. The molecule has 448 valence electrons. The van der Waals surface area contributed by atoms with Crippen molar-refractivity contribution in [1.82, 2.24) is 0 Å². The smallest absolute Gasteiger partial charge is 0.748 e. The van der Waals surface area contributed by atoms with E-state index in [4.69, 9.17) is 18.9 Å². The van der Waals surface area contributed by atoms with Crippen LogP contribution in [-0.4, -0.2) is 125 Å². The molecule has 0 aliphatic carbocycles. The molecule has 0 unspecified atom stereocenters. The Kier molecular flexibility index (Phi) is 50.5. The van der Waals surface area contributed by atoms with E-state index in [1.807, 2.05) is 0 Å². The molecule has 14 nitrogen and oxygen atoms in total. The van der Waals surface area contributed by atoms with Crippen LogP contribution in [0.5, 0.6) is 0 Å². The van der Waals surface area contributed by atoms with E-state index in [0.717, 1.165) is 38.5 Å². The maximum Gasteiger partial charge on any atom is 2.00 e. The molecule has 2 aromatic carbocycles. The van der Waals surface area contributed by atoms with Gasteiger partial charge in [0.1, 0.15) is 0 Å². The summed E-state index contributed by atoms with van der Waals surface area (Å²) in [7, 11) is -8.55. The van der Waals surface area contributed by atoms with Crippen molar-refractivity contribution < 1.29 is 64.1 Å². The third kappa shape index (κ3) is 46.6. The third-order valence-electron chi connectivity index (χ3n) is 13.7. The van der Waals surface area contributed by atoms with Crippen molar-refractivity contribution in [2.45, 2.75) is 258 Å². The molecule has 0 N–H and O–H groups in total. The van der Waals surface area contributed by atoms with Gasteiger partial charge in [-0.1, -0.05) is 244 Å². The van der Waals surface area contributed by atoms with E-state index in [1.165, 1.54) is 204 Å². The fourth-order valence-corrected chi connectivity index (χ4v) is 10.2. The molecule has 0 radical (unpaired) electrons. The number of rotatable bonds is 50. The molecule has 0 saturated carbocycles. The molecule has 2 rings (SSSR count). The van der Waals surface area contributed by atoms with Gasteiger partial charge in [-0.25, -0.2) is 36.0 Å². The van der Waals surface area contributed by atoms with Crippen molar-refractivity contribution in [3.63, 3.8) is 0 Å². The molecule has 2 aromatic rings. The Balaban J connectivity index is 0.00000152. The van der Waals surface area contributed by atoms with Crippen LogP contribution in [0.1, 0.15) is 299 Å². The first-order chi connectivity index (χ1) is 37.7. The van der Waals surface area contributed by atoms with Gasteiger partial charge in [-0.05, 0) is 62.8 Å². The molecule has 0 atom stereocenters. The van der Waals surface area contributed by atoms with Gasteiger partial charge in [-0.3, -0.25) is 0 Å². The van der Waals surface area contributed by atoms with Gasteiger partial charge < -0.3 is 28.1 Å². The minimum atomic E-state index is -4.27. The van der Waals surface area contributed by atoms with E-state index >= 15 is 0 Å². The second-order valence-corrected chi connectivity index (χ2v) is 23.9. The summed E-state index contributed by atoms with van der Waals surface area (Å²) >= 11 is 0. The van der Waals surface area contributed by atoms with Crippen LogP contribution >= 0.6 is 0 Å². The molecule has 0 saturated heterocycles. The van der Waals surface area contributed by atoms with Crippen LogP contribution in [0, 0.1) is 0 Å². The van der Waals surface area contributed by atoms with Gasteiger partial charge in [-0.15, -0.1) is 0 Å². The van der Waals surface area contributed by atoms with Crippen LogP contribution in [0.3, 0.4) is 0 Å². The summed E-state index contributed by atoms with van der Waals surface area (Å²) in [6, 6.07) is 12.6. The number of unbranched alkanes of at least 4 members (excludes halogenated alkanes) is 34. The molecule has 17 heteroatoms. The minimum Gasteiger partial charge on any atom is -0.748 e. The quantitative estimate of drug-likeness (QED) is 0.0198. The van der Waals surface area contributed by atoms with E-state index in [2.05, 4.69) is 13.8 Å². The van der Waals surface area contributed by atoms with Crippen molar-refractivity contribution in [1.29, 1.82) is 0 Å². The van der Waals surface area contributed by atoms with Gasteiger partial charge in [-0.2, -0.15) is 0 Å². The second-order valence-electron chi connectivity index (χ2n) is 20.9. The number of esters is 4. The number of carbonyl (C=O) groups excluding carboxylic acids is 4. The van der Waals surface area contributed by atoms with E-state index in [1.54, 1.807) is 24.3 Å². The molecule has 0 amide bonds. The van der Waals surface area contributed by atoms with Gasteiger partial charge >= 0.3 is 61.6 Å². The van der Waals surface area contributed by atoms with Gasteiger partial charge in [0.05, 0.1) is 68.9 Å². The molecule has 0 heterocycles. The molecule has 0 aliphatic rings. The van der Waals surface area contributed by atoms with Gasteiger partial charge in [0.2, 0.25) is 0 Å². The van der Waals surface area contributed by atoms with Gasteiger partial charge in [0, 0.05) is 11.5 Å². The summed E-state index contributed by atoms with van der Waals surface area (Å²) in [5.41, 5.74) is 0.524. The normalized spacial score (nSPS) is 11.3. The van der Waals surface area contributed by atoms with Crippen molar-refractivity contribution in [2.24, 2.45) is 0 Å². The zero-order valence-electron chi connectivity index (χ0n) is 49.0. The fourth-order valence-electron chi connectivity index (χ4n) is 9.06. The Morgan fingerprint density at radius 3 is 0.646 bits per heavy atom. The van der Waals surface area contributed by atoms with Crippen LogP contribution in [0.25, 0.3) is 0 Å². The number of ether oxygens (including phenoxy) is 4. The largest absolute Gasteiger partial charge is 2.00 e. The van der Waals surface area contributed by atoms with Crippen LogP contribution < -0.4 is 0 Å². The summed E-state index contributed by atoms with van der Waals surface area (Å²) < 4.78 is 84.8. The Labute approximate surface area is 508 Å². The standard InChI is InChI=1S/2C31H52O7S.Ca/c2*1-2-3-4-5-6-7-8-9-10-11-12-13-14-15-16-17-20-25-37-30(32)28-23-18-19-24-29(28)31(33)38-26-21-22-27-39(34,35)36;/h2*18-19,23-24H,2-17,20-22,25-27H2,1H3,(H,34,35,36);/q;;+2/p-2. The Morgan fingerprint density at radius 2 is 0.468 bits per heavy atom. The number of carbonyl (C=O) groups is 4. The predicted octanol–water partition coefficient (Wildman–Crippen LogP) is 15.6. The predicted molar refractivity (Wildman–Crippen MR) is 316 cm³/mol. The second kappa shape index (κ2) is 52.2. The minimum absolute atomic E-state index is 0. The summed E-state index contributed by atoms with van der Waals surface area (Å²) in [6.45, 7) is 5.09. The van der Waals surface area contributed by atoms with Crippen LogP contribution in [0.4, 0.5) is 0 Å². The first-order valence-corrected chi connectivity index (χ1v) is 33.6. The van der Waals surface area contributed by atoms with Crippen LogP contribution in [0.15, 0.2) is 48.5 Å². The molecule has 0 fully saturated rings. The van der Waals surface area contributed by atoms with E-state index < -0.39 is 55.6 Å². The monoisotopic (exact) mass is 1170 g/mol. The van der Waals surface area contributed by atoms with Crippen molar-refractivity contribution in [3.8, 4) is 0 Å². The number of benzene rings is 2. The van der Waals surface area contributed by atoms with Crippen molar-refractivity contribution in [3.05, 3.63) is 70.8 Å². The maximum atomic E-state index is 12.5. The van der Waals surface area contributed by atoms with Gasteiger partial charge in [0.25, 0.3) is 0 Å². The van der Waals surface area contributed by atoms with Gasteiger partial charge in [0.15, 0.2) is 0 Å². The fraction of sp³-hybridized carbons (Fsp3) is 0.742. The molecular formula is C62H102CaO14S2. The average molecular weight is 1180 g/mol. The SMILES string of the molecule is CCCCCCCCCCCCCCCCCCCOC(=O)c1ccccc1C(=O)OCCCCS(=O)(=O)[O-].CCCCCCCCCCCCCCCCCCCOC(=O)c1ccccc1C(=O)OCCCCS(=O)(=O)[O-].[Ca+2]. The molecule has 79 heavy (non-hydrogen) atoms. The Bertz CT molecular complexity index is 1920. The molecule has 0 aromatic heterocycles. The first kappa shape index (κ1) is 76.4. The summed E-state index contributed by atoms with van der Waals surface area (Å²) in [4.78, 5) is 49.7. The Morgan fingerprint density at radius 1 is 0.304 bits per heavy atom. The van der Waals surface area contributed by atoms with Crippen LogP contribution in [-0.2, 0) is 39.2 Å². The Hall–Kier alpha value is -2.60. The molecule has 0 spiro atoms. The molecular weight excluding hydrogens is 1070 g/mol. The van der Waals surface area contributed by atoms with E-state index in [-0.39, 0.29) is 98.9 Å². The van der Waals surface area contributed by atoms with E-state index in [9.17, 15) is 45.1 Å². The maximum absolute atomic E-state index is 12.5. The zero-order valence-corrected chi connectivity index (χ0v) is 52.8. The van der Waals surface area contributed by atoms with Crippen molar-refractivity contribution >= 4 is 81.9 Å². The first-order valence-electron chi connectivity index (χ1n) is 30.4. The van der Waals surface area contributed by atoms with Crippen LogP contribution in [0.2, 0.25) is 0 Å².